The molecule has 0 radical (unpaired) electrons. The third kappa shape index (κ3) is 13.5. The third-order valence-corrected chi connectivity index (χ3v) is 14.0. The summed E-state index contributed by atoms with van der Waals surface area (Å²) in [5, 5.41) is 31.8. The normalized spacial score (nSPS) is 10.5. The Balaban J connectivity index is 0.000000330. The molecule has 16 nitrogen and oxygen atoms in total. The Bertz CT molecular complexity index is 2430. The van der Waals surface area contributed by atoms with E-state index in [9.17, 15) is 20.1 Å². The van der Waals surface area contributed by atoms with Gasteiger partial charge in [0.05, 0.1) is 46.3 Å². The summed E-state index contributed by atoms with van der Waals surface area (Å²) in [4.78, 5) is 56.9. The van der Waals surface area contributed by atoms with Gasteiger partial charge in [-0.25, -0.2) is 44.7 Å². The number of pyridine rings is 2. The van der Waals surface area contributed by atoms with E-state index in [2.05, 4.69) is 55.9 Å². The number of imidazole rings is 2. The van der Waals surface area contributed by atoms with Crippen LogP contribution in [-0.4, -0.2) is 93.0 Å². The zero-order valence-corrected chi connectivity index (χ0v) is 40.3. The fourth-order valence-electron chi connectivity index (χ4n) is 5.69. The number of thioether (sulfide) groups is 4. The minimum atomic E-state index is -1.19. The van der Waals surface area contributed by atoms with Gasteiger partial charge in [-0.1, -0.05) is 50.2 Å². The molecular weight excluding hydrogens is 884 g/mol. The quantitative estimate of drug-likeness (QED) is 0.0335. The van der Waals surface area contributed by atoms with Gasteiger partial charge in [0.15, 0.2) is 11.6 Å². The molecule has 0 saturated heterocycles. The smallest absolute Gasteiger partial charge is 0.870 e. The molecule has 0 atom stereocenters. The zero-order chi connectivity index (χ0) is 44.8. The van der Waals surface area contributed by atoms with Gasteiger partial charge in [0.2, 0.25) is 5.82 Å². The van der Waals surface area contributed by atoms with Gasteiger partial charge in [-0.15, -0.1) is 0 Å². The molecule has 21 heteroatoms. The molecule has 0 spiro atoms. The average Bonchev–Trinajstić information content (AvgIpc) is 3.80. The van der Waals surface area contributed by atoms with E-state index in [1.54, 1.807) is 36.5 Å². The number of carboxylic acid groups (broad SMARTS) is 1. The minimum Gasteiger partial charge on any atom is -0.870 e. The maximum atomic E-state index is 11.5. The van der Waals surface area contributed by atoms with Crippen LogP contribution in [0.15, 0.2) is 59.4 Å². The number of nitriles is 2. The number of carbonyl (C=O) groups is 2. The van der Waals surface area contributed by atoms with Gasteiger partial charge < -0.3 is 19.7 Å². The van der Waals surface area contributed by atoms with Crippen molar-refractivity contribution >= 4 is 58.8 Å². The summed E-state index contributed by atoms with van der Waals surface area (Å²) in [5.41, 5.74) is 6.68. The van der Waals surface area contributed by atoms with Crippen molar-refractivity contribution in [3.05, 3.63) is 83.7 Å². The molecule has 328 valence electrons. The van der Waals surface area contributed by atoms with Crippen molar-refractivity contribution < 1.29 is 39.0 Å². The number of aromatic carboxylic acids is 1. The molecule has 6 aromatic heterocycles. The first kappa shape index (κ1) is 53.3. The van der Waals surface area contributed by atoms with E-state index in [-0.39, 0.29) is 41.8 Å². The van der Waals surface area contributed by atoms with Gasteiger partial charge in [0.1, 0.15) is 33.8 Å². The van der Waals surface area contributed by atoms with E-state index >= 15 is 0 Å². The monoisotopic (exact) mass is 930 g/mol. The van der Waals surface area contributed by atoms with Crippen LogP contribution >= 0.6 is 47.0 Å². The molecular formula is C43H47LiN12O4S4. The molecule has 64 heavy (non-hydrogen) atoms. The number of aryl methyl sites for hydroxylation is 2. The number of carboxylic acids is 1. The van der Waals surface area contributed by atoms with Crippen LogP contribution in [0, 0.1) is 36.5 Å². The second-order valence-electron chi connectivity index (χ2n) is 13.7. The number of aromatic nitrogens is 10. The summed E-state index contributed by atoms with van der Waals surface area (Å²) in [7, 11) is 3.83. The summed E-state index contributed by atoms with van der Waals surface area (Å²) < 4.78 is 3.88. The number of hydrogen-bond acceptors (Lipinski definition) is 17. The Labute approximate surface area is 401 Å². The molecule has 0 aliphatic rings. The van der Waals surface area contributed by atoms with Crippen LogP contribution in [0.3, 0.4) is 0 Å². The fraction of sp³-hybridized carbons (Fsp3) is 0.349. The van der Waals surface area contributed by atoms with E-state index in [1.165, 1.54) is 37.5 Å². The van der Waals surface area contributed by atoms with E-state index in [1.807, 2.05) is 72.7 Å². The van der Waals surface area contributed by atoms with Crippen molar-refractivity contribution in [1.29, 1.82) is 10.5 Å². The Morgan fingerprint density at radius 3 is 1.38 bits per heavy atom. The Hall–Kier alpha value is -5.04. The number of hydrogen-bond donors (Lipinski definition) is 1. The van der Waals surface area contributed by atoms with Crippen LogP contribution in [0.5, 0.6) is 0 Å². The number of ketones is 1. The summed E-state index contributed by atoms with van der Waals surface area (Å²) in [5.74, 6) is 2.34. The third-order valence-electron chi connectivity index (χ3n) is 9.43. The van der Waals surface area contributed by atoms with Crippen LogP contribution in [0.25, 0.3) is 45.0 Å². The molecule has 0 unspecified atom stereocenters. The van der Waals surface area contributed by atoms with Gasteiger partial charge in [-0.2, -0.15) is 34.0 Å². The number of Topliss-reactive ketones (excluding diaryl/α,β-unsaturated/α-hetero) is 1. The van der Waals surface area contributed by atoms with Crippen molar-refractivity contribution in [2.75, 3.05) is 21.7 Å². The van der Waals surface area contributed by atoms with Crippen molar-refractivity contribution in [3.63, 3.8) is 0 Å². The van der Waals surface area contributed by atoms with Crippen molar-refractivity contribution in [3.8, 4) is 57.2 Å². The van der Waals surface area contributed by atoms with Crippen molar-refractivity contribution in [2.24, 2.45) is 14.1 Å². The van der Waals surface area contributed by atoms with E-state index in [0.29, 0.717) is 43.7 Å². The molecule has 0 saturated carbocycles. The first-order chi connectivity index (χ1) is 29.9. The maximum absolute atomic E-state index is 11.5. The largest absolute Gasteiger partial charge is 1.00 e. The molecule has 0 aliphatic carbocycles. The Morgan fingerprint density at radius 2 is 1.06 bits per heavy atom. The van der Waals surface area contributed by atoms with Crippen LogP contribution in [0.1, 0.15) is 90.5 Å². The molecule has 6 rings (SSSR count). The molecule has 2 N–H and O–H groups in total. The number of nitrogens with zero attached hydrogens (tertiary/aromatic N) is 12. The van der Waals surface area contributed by atoms with Crippen LogP contribution < -0.4 is 18.9 Å². The van der Waals surface area contributed by atoms with Crippen LogP contribution in [0.4, 0.5) is 0 Å². The topological polar surface area (TPSA) is 245 Å². The Morgan fingerprint density at radius 1 is 0.672 bits per heavy atom. The molecule has 6 heterocycles. The molecule has 0 aromatic carbocycles. The first-order valence-electron chi connectivity index (χ1n) is 19.6. The van der Waals surface area contributed by atoms with Gasteiger partial charge in [-0.3, -0.25) is 4.79 Å². The molecule has 6 aromatic rings. The maximum Gasteiger partial charge on any atom is 1.00 e. The zero-order valence-electron chi connectivity index (χ0n) is 37.0. The van der Waals surface area contributed by atoms with Crippen LogP contribution in [-0.2, 0) is 14.1 Å². The number of rotatable bonds is 18. The number of unbranched alkanes of at least 4 members (excludes halogenated alkanes) is 2. The molecule has 0 bridgehead atoms. The average molecular weight is 931 g/mol. The van der Waals surface area contributed by atoms with E-state index in [0.717, 1.165) is 75.1 Å². The van der Waals surface area contributed by atoms with Gasteiger partial charge in [0, 0.05) is 78.2 Å². The van der Waals surface area contributed by atoms with Gasteiger partial charge in [-0.05, 0) is 50.3 Å². The SMILES string of the molecule is CCCCSCSc1nc(-c2cnc(C(=O)O)nc2)cc(-c2cnc(C)n2C)c1C#N.CCCCSCSc1nc(-c2cnc(C(C)=O)nc2)cc(-c2cnc(C)n2C)c1C#N.[Li+].[OH-]. The molecule has 0 fully saturated rings. The fourth-order valence-corrected chi connectivity index (χ4v) is 10.1. The number of carbonyl (C=O) groups excluding carboxylic acids is 1. The predicted molar refractivity (Wildman–Crippen MR) is 249 cm³/mol. The molecule has 0 aliphatic heterocycles. The van der Waals surface area contributed by atoms with Gasteiger partial charge in [0.25, 0.3) is 0 Å². The second-order valence-corrected chi connectivity index (χ2v) is 18.6. The van der Waals surface area contributed by atoms with Gasteiger partial charge >= 0.3 is 24.8 Å². The van der Waals surface area contributed by atoms with E-state index < -0.39 is 5.97 Å². The summed E-state index contributed by atoms with van der Waals surface area (Å²) in [6.45, 7) is 9.59. The standard InChI is InChI=1S/C22H24N6OS2.C21H22N6O2S2.Li.H2O/c1-5-6-7-30-13-31-22-18(9-23)17(20-12-24-15(3)28(20)4)8-19(27-22)16-10-25-21(14(2)29)26-11-16;1-4-5-6-30-12-31-20-16(8-22)15(18-11-23-13(2)27(18)3)7-17(26-20)14-9-24-19(21(28)29)25-10-14;;/h8,10-12H,5-7,13H2,1-4H3;7,9-11H,4-6,12H2,1-3H3,(H,28,29);;1H2/q;;+1;/p-1. The summed E-state index contributed by atoms with van der Waals surface area (Å²) in [6, 6.07) is 8.33. The van der Waals surface area contributed by atoms with Crippen molar-refractivity contribution in [2.45, 2.75) is 70.4 Å². The predicted octanol–water partition coefficient (Wildman–Crippen LogP) is 6.13. The van der Waals surface area contributed by atoms with E-state index in [4.69, 9.17) is 15.1 Å². The summed E-state index contributed by atoms with van der Waals surface area (Å²) >= 11 is 6.75. The Kier molecular flexibility index (Phi) is 21.7. The molecule has 0 amide bonds. The summed E-state index contributed by atoms with van der Waals surface area (Å²) in [6.07, 6.45) is 14.2. The van der Waals surface area contributed by atoms with Crippen LogP contribution in [0.2, 0.25) is 0 Å². The minimum absolute atomic E-state index is 0. The first-order valence-corrected chi connectivity index (χ1v) is 23.9. The van der Waals surface area contributed by atoms with Crippen molar-refractivity contribution in [1.82, 2.24) is 49.0 Å². The second kappa shape index (κ2) is 26.0.